The molecular weight excluding hydrogens is 416 g/mol. The molecule has 0 fully saturated rings. The van der Waals surface area contributed by atoms with E-state index in [2.05, 4.69) is 21.2 Å². The molecule has 0 bridgehead atoms. The summed E-state index contributed by atoms with van der Waals surface area (Å²) in [5, 5.41) is 2.98. The van der Waals surface area contributed by atoms with Crippen molar-refractivity contribution >= 4 is 33.6 Å². The molecule has 0 radical (unpaired) electrons. The van der Waals surface area contributed by atoms with Crippen LogP contribution in [0.15, 0.2) is 29.8 Å². The molecule has 0 saturated heterocycles. The van der Waals surface area contributed by atoms with Crippen molar-refractivity contribution in [3.05, 3.63) is 47.0 Å². The van der Waals surface area contributed by atoms with Crippen LogP contribution in [-0.2, 0) is 29.5 Å². The van der Waals surface area contributed by atoms with Crippen molar-refractivity contribution in [1.82, 2.24) is 5.32 Å². The number of alkyl halides is 1. The van der Waals surface area contributed by atoms with E-state index in [-0.39, 0.29) is 17.9 Å². The van der Waals surface area contributed by atoms with Crippen molar-refractivity contribution in [2.24, 2.45) is 0 Å². The Morgan fingerprint density at radius 1 is 1.31 bits per heavy atom. The van der Waals surface area contributed by atoms with Crippen LogP contribution in [0.4, 0.5) is 8.78 Å². The number of hydrogen-bond donors (Lipinski definition) is 1. The van der Waals surface area contributed by atoms with Crippen molar-refractivity contribution in [3.63, 3.8) is 0 Å². The SMILES string of the molecule is CC(=O)OC1=C(NC(=O)CCCBr)OC(C)(c2ccc(F)c(F)c2)C1=O. The van der Waals surface area contributed by atoms with E-state index in [1.807, 2.05) is 0 Å². The Hall–Kier alpha value is -2.29. The predicted octanol–water partition coefficient (Wildman–Crippen LogP) is 2.80. The predicted molar refractivity (Wildman–Crippen MR) is 89.8 cm³/mol. The number of Topliss-reactive ketones (excluding diaryl/α,β-unsaturated/α-hetero) is 1. The minimum Gasteiger partial charge on any atom is -0.456 e. The number of rotatable bonds is 6. The van der Waals surface area contributed by atoms with Crippen LogP contribution in [0.25, 0.3) is 0 Å². The Bertz CT molecular complexity index is 795. The second kappa shape index (κ2) is 7.94. The smallest absolute Gasteiger partial charge is 0.308 e. The van der Waals surface area contributed by atoms with E-state index in [0.717, 1.165) is 19.1 Å². The van der Waals surface area contributed by atoms with E-state index in [0.29, 0.717) is 11.8 Å². The first-order valence-electron chi connectivity index (χ1n) is 7.67. The molecule has 1 aliphatic heterocycles. The molecule has 1 unspecified atom stereocenters. The first-order chi connectivity index (χ1) is 12.2. The first kappa shape index (κ1) is 20.0. The quantitative estimate of drug-likeness (QED) is 0.553. The highest BCUT2D eigenvalue weighted by Gasteiger charge is 2.50. The van der Waals surface area contributed by atoms with Crippen molar-refractivity contribution in [1.29, 1.82) is 0 Å². The van der Waals surface area contributed by atoms with Gasteiger partial charge in [-0.25, -0.2) is 8.78 Å². The summed E-state index contributed by atoms with van der Waals surface area (Å²) >= 11 is 3.19. The molecule has 1 aromatic carbocycles. The Morgan fingerprint density at radius 2 is 2.00 bits per heavy atom. The van der Waals surface area contributed by atoms with Crippen LogP contribution in [0.3, 0.4) is 0 Å². The maximum absolute atomic E-state index is 13.6. The molecule has 0 aromatic heterocycles. The standard InChI is InChI=1S/C17H16BrF2NO5/c1-9(22)25-14-15(24)17(2,10-5-6-11(19)12(20)8-10)26-16(14)21-13(23)4-3-7-18/h5-6,8H,3-4,7H2,1-2H3,(H,21,23). The van der Waals surface area contributed by atoms with Crippen LogP contribution in [0.2, 0.25) is 0 Å². The van der Waals surface area contributed by atoms with Gasteiger partial charge in [0, 0.05) is 24.2 Å². The summed E-state index contributed by atoms with van der Waals surface area (Å²) in [6.07, 6.45) is 0.679. The van der Waals surface area contributed by atoms with Gasteiger partial charge in [-0.2, -0.15) is 0 Å². The lowest BCUT2D eigenvalue weighted by Crippen LogP contribution is -2.32. The largest absolute Gasteiger partial charge is 0.456 e. The Morgan fingerprint density at radius 3 is 2.58 bits per heavy atom. The minimum absolute atomic E-state index is 0.00996. The van der Waals surface area contributed by atoms with Crippen LogP contribution in [-0.4, -0.2) is 23.0 Å². The molecule has 26 heavy (non-hydrogen) atoms. The molecular formula is C17H16BrF2NO5. The van der Waals surface area contributed by atoms with E-state index in [9.17, 15) is 23.2 Å². The van der Waals surface area contributed by atoms with Gasteiger partial charge >= 0.3 is 5.97 Å². The molecule has 1 N–H and O–H groups in total. The molecule has 2 rings (SSSR count). The fraction of sp³-hybridized carbons (Fsp3) is 0.353. The number of ether oxygens (including phenoxy) is 2. The second-order valence-corrected chi connectivity index (χ2v) is 6.48. The average molecular weight is 432 g/mol. The van der Waals surface area contributed by atoms with Crippen LogP contribution in [0.5, 0.6) is 0 Å². The van der Waals surface area contributed by atoms with E-state index in [4.69, 9.17) is 9.47 Å². The summed E-state index contributed by atoms with van der Waals surface area (Å²) in [5.74, 6) is -5.11. The fourth-order valence-electron chi connectivity index (χ4n) is 2.33. The molecule has 1 amide bonds. The third kappa shape index (κ3) is 4.09. The number of ketones is 1. The monoisotopic (exact) mass is 431 g/mol. The number of amides is 1. The fourth-order valence-corrected chi connectivity index (χ4v) is 2.62. The van der Waals surface area contributed by atoms with Gasteiger partial charge in [-0.1, -0.05) is 22.0 Å². The maximum Gasteiger partial charge on any atom is 0.308 e. The van der Waals surface area contributed by atoms with Gasteiger partial charge in [0.2, 0.25) is 17.5 Å². The topological polar surface area (TPSA) is 81.7 Å². The van der Waals surface area contributed by atoms with Gasteiger partial charge in [0.25, 0.3) is 5.78 Å². The van der Waals surface area contributed by atoms with E-state index in [1.54, 1.807) is 0 Å². The zero-order chi connectivity index (χ0) is 19.5. The number of halogens is 3. The number of carbonyl (C=O) groups excluding carboxylic acids is 3. The van der Waals surface area contributed by atoms with Crippen LogP contribution in [0, 0.1) is 11.6 Å². The van der Waals surface area contributed by atoms with Gasteiger partial charge < -0.3 is 9.47 Å². The average Bonchev–Trinajstić information content (AvgIpc) is 2.80. The highest BCUT2D eigenvalue weighted by atomic mass is 79.9. The maximum atomic E-state index is 13.6. The van der Waals surface area contributed by atoms with Crippen LogP contribution < -0.4 is 5.32 Å². The lowest BCUT2D eigenvalue weighted by molar-refractivity contribution is -0.142. The zero-order valence-corrected chi connectivity index (χ0v) is 15.6. The third-order valence-corrected chi connectivity index (χ3v) is 4.22. The highest BCUT2D eigenvalue weighted by molar-refractivity contribution is 9.09. The highest BCUT2D eigenvalue weighted by Crippen LogP contribution is 2.38. The first-order valence-corrected chi connectivity index (χ1v) is 8.79. The summed E-state index contributed by atoms with van der Waals surface area (Å²) < 4.78 is 37.2. The molecule has 0 spiro atoms. The van der Waals surface area contributed by atoms with Crippen LogP contribution >= 0.6 is 15.9 Å². The molecule has 140 valence electrons. The van der Waals surface area contributed by atoms with Crippen molar-refractivity contribution in [3.8, 4) is 0 Å². The number of carbonyl (C=O) groups is 3. The zero-order valence-electron chi connectivity index (χ0n) is 14.0. The summed E-state index contributed by atoms with van der Waals surface area (Å²) in [5.41, 5.74) is -1.77. The third-order valence-electron chi connectivity index (χ3n) is 3.66. The van der Waals surface area contributed by atoms with E-state index >= 15 is 0 Å². The van der Waals surface area contributed by atoms with Gasteiger partial charge in [0.05, 0.1) is 0 Å². The Balaban J connectivity index is 2.36. The molecule has 1 heterocycles. The summed E-state index contributed by atoms with van der Waals surface area (Å²) in [7, 11) is 0. The summed E-state index contributed by atoms with van der Waals surface area (Å²) in [4.78, 5) is 36.0. The minimum atomic E-state index is -1.78. The van der Waals surface area contributed by atoms with E-state index < -0.39 is 40.7 Å². The van der Waals surface area contributed by atoms with Crippen molar-refractivity contribution < 1.29 is 32.6 Å². The second-order valence-electron chi connectivity index (χ2n) is 5.69. The Kier molecular flexibility index (Phi) is 6.12. The molecule has 6 nitrogen and oxygen atoms in total. The molecule has 1 atom stereocenters. The van der Waals surface area contributed by atoms with Gasteiger partial charge in [0.1, 0.15) is 0 Å². The van der Waals surface area contributed by atoms with Crippen molar-refractivity contribution in [2.75, 3.05) is 5.33 Å². The lowest BCUT2D eigenvalue weighted by atomic mass is 9.91. The van der Waals surface area contributed by atoms with Gasteiger partial charge in [-0.15, -0.1) is 0 Å². The number of hydrogen-bond acceptors (Lipinski definition) is 5. The number of benzene rings is 1. The van der Waals surface area contributed by atoms with Gasteiger partial charge in [-0.05, 0) is 25.5 Å². The van der Waals surface area contributed by atoms with Gasteiger partial charge in [-0.3, -0.25) is 19.7 Å². The number of esters is 1. The Labute approximate surface area is 156 Å². The molecule has 1 aliphatic rings. The molecule has 9 heteroatoms. The lowest BCUT2D eigenvalue weighted by Gasteiger charge is -2.23. The van der Waals surface area contributed by atoms with Crippen LogP contribution in [0.1, 0.15) is 32.3 Å². The molecule has 1 aromatic rings. The van der Waals surface area contributed by atoms with Gasteiger partial charge in [0.15, 0.2) is 17.2 Å². The molecule has 0 aliphatic carbocycles. The normalized spacial score (nSPS) is 19.3. The van der Waals surface area contributed by atoms with E-state index in [1.165, 1.54) is 13.0 Å². The summed E-state index contributed by atoms with van der Waals surface area (Å²) in [6.45, 7) is 2.39. The summed E-state index contributed by atoms with van der Waals surface area (Å²) in [6, 6.07) is 2.84. The number of nitrogens with one attached hydrogen (secondary N) is 1. The molecule has 0 saturated carbocycles. The van der Waals surface area contributed by atoms with Crippen molar-refractivity contribution in [2.45, 2.75) is 32.3 Å².